The Morgan fingerprint density at radius 3 is 2.58 bits per heavy atom. The van der Waals surface area contributed by atoms with E-state index in [-0.39, 0.29) is 0 Å². The Balaban J connectivity index is 2.62. The topological polar surface area (TPSA) is 56.8 Å². The van der Waals surface area contributed by atoms with Crippen molar-refractivity contribution in [1.29, 1.82) is 10.5 Å². The van der Waals surface area contributed by atoms with Crippen LogP contribution in [0.15, 0.2) is 12.1 Å². The second-order valence-electron chi connectivity index (χ2n) is 5.44. The predicted octanol–water partition coefficient (Wildman–Crippen LogP) is 3.26. The van der Waals surface area contributed by atoms with Crippen molar-refractivity contribution < 1.29 is 4.74 Å². The summed E-state index contributed by atoms with van der Waals surface area (Å²) in [5.41, 5.74) is 3.07. The van der Waals surface area contributed by atoms with Crippen LogP contribution in [0.25, 0.3) is 0 Å². The molecule has 98 valence electrons. The molecule has 1 unspecified atom stereocenters. The Labute approximate surface area is 114 Å². The fourth-order valence-electron chi connectivity index (χ4n) is 3.10. The molecule has 0 saturated carbocycles. The van der Waals surface area contributed by atoms with Gasteiger partial charge in [0, 0.05) is 5.41 Å². The van der Waals surface area contributed by atoms with Crippen LogP contribution in [0.2, 0.25) is 0 Å². The normalized spacial score (nSPS) is 21.4. The molecule has 0 bridgehead atoms. The third-order valence-corrected chi connectivity index (χ3v) is 4.27. The van der Waals surface area contributed by atoms with Crippen LogP contribution in [-0.4, -0.2) is 7.11 Å². The van der Waals surface area contributed by atoms with E-state index in [2.05, 4.69) is 18.2 Å². The van der Waals surface area contributed by atoms with Gasteiger partial charge in [-0.15, -0.1) is 0 Å². The van der Waals surface area contributed by atoms with Gasteiger partial charge in [0.1, 0.15) is 11.7 Å². The molecule has 1 atom stereocenters. The maximum atomic E-state index is 9.25. The van der Waals surface area contributed by atoms with Gasteiger partial charge in [-0.1, -0.05) is 13.0 Å². The first-order valence-corrected chi connectivity index (χ1v) is 6.54. The van der Waals surface area contributed by atoms with Crippen LogP contribution < -0.4 is 4.74 Å². The number of hydrogen-bond acceptors (Lipinski definition) is 3. The van der Waals surface area contributed by atoms with Crippen LogP contribution in [0.4, 0.5) is 0 Å². The number of methoxy groups -OCH3 is 1. The summed E-state index contributed by atoms with van der Waals surface area (Å²) >= 11 is 0. The summed E-state index contributed by atoms with van der Waals surface area (Å²) in [6.07, 6.45) is 2.91. The highest BCUT2D eigenvalue weighted by molar-refractivity contribution is 5.48. The molecule has 19 heavy (non-hydrogen) atoms. The molecule has 0 N–H and O–H groups in total. The van der Waals surface area contributed by atoms with Crippen LogP contribution >= 0.6 is 0 Å². The third-order valence-electron chi connectivity index (χ3n) is 4.27. The molecule has 1 aliphatic rings. The largest absolute Gasteiger partial charge is 0.496 e. The standard InChI is InChI=1S/C16H18N2O/c1-11-7-12-5-4-6-16(2,13(9-17)10-18)14(12)8-15(11)19-3/h7-8,13H,4-6H2,1-3H3. The van der Waals surface area contributed by atoms with Crippen LogP contribution in [0.3, 0.4) is 0 Å². The molecule has 0 aliphatic heterocycles. The van der Waals surface area contributed by atoms with E-state index in [1.54, 1.807) is 7.11 Å². The Hall–Kier alpha value is -2.00. The zero-order valence-corrected chi connectivity index (χ0v) is 11.7. The third kappa shape index (κ3) is 2.06. The monoisotopic (exact) mass is 254 g/mol. The highest BCUT2D eigenvalue weighted by Crippen LogP contribution is 2.44. The van der Waals surface area contributed by atoms with Crippen LogP contribution in [0.1, 0.15) is 36.5 Å². The number of benzene rings is 1. The number of rotatable bonds is 2. The van der Waals surface area contributed by atoms with E-state index in [0.29, 0.717) is 0 Å². The number of aryl methyl sites for hydroxylation is 2. The van der Waals surface area contributed by atoms with E-state index in [1.807, 2.05) is 19.9 Å². The van der Waals surface area contributed by atoms with Crippen LogP contribution in [0.5, 0.6) is 5.75 Å². The molecule has 0 heterocycles. The minimum atomic E-state index is -0.612. The van der Waals surface area contributed by atoms with E-state index in [1.165, 1.54) is 5.56 Å². The summed E-state index contributed by atoms with van der Waals surface area (Å²) in [5, 5.41) is 18.5. The van der Waals surface area contributed by atoms with Crippen molar-refractivity contribution >= 4 is 0 Å². The molecule has 0 spiro atoms. The fraction of sp³-hybridized carbons (Fsp3) is 0.500. The molecule has 0 aromatic heterocycles. The average Bonchev–Trinajstić information content (AvgIpc) is 2.39. The molecule has 1 aromatic rings. The van der Waals surface area contributed by atoms with Gasteiger partial charge >= 0.3 is 0 Å². The lowest BCUT2D eigenvalue weighted by atomic mass is 9.64. The minimum Gasteiger partial charge on any atom is -0.496 e. The second-order valence-corrected chi connectivity index (χ2v) is 5.44. The fourth-order valence-corrected chi connectivity index (χ4v) is 3.10. The van der Waals surface area contributed by atoms with Gasteiger partial charge in [-0.3, -0.25) is 0 Å². The van der Waals surface area contributed by atoms with E-state index in [0.717, 1.165) is 36.1 Å². The number of fused-ring (bicyclic) bond motifs is 1. The molecule has 1 aliphatic carbocycles. The summed E-state index contributed by atoms with van der Waals surface area (Å²) < 4.78 is 5.39. The molecule has 3 heteroatoms. The van der Waals surface area contributed by atoms with Crippen molar-refractivity contribution in [1.82, 2.24) is 0 Å². The van der Waals surface area contributed by atoms with Gasteiger partial charge in [-0.05, 0) is 48.9 Å². The first kappa shape index (κ1) is 13.4. The van der Waals surface area contributed by atoms with Gasteiger partial charge in [-0.25, -0.2) is 0 Å². The molecule has 0 saturated heterocycles. The molecule has 2 rings (SSSR count). The highest BCUT2D eigenvalue weighted by atomic mass is 16.5. The van der Waals surface area contributed by atoms with Gasteiger partial charge in [0.25, 0.3) is 0 Å². The summed E-state index contributed by atoms with van der Waals surface area (Å²) in [6, 6.07) is 8.46. The van der Waals surface area contributed by atoms with Crippen molar-refractivity contribution in [3.8, 4) is 17.9 Å². The minimum absolute atomic E-state index is 0.391. The molecular weight excluding hydrogens is 236 g/mol. The van der Waals surface area contributed by atoms with Crippen molar-refractivity contribution in [3.05, 3.63) is 28.8 Å². The molecule has 1 aromatic carbocycles. The van der Waals surface area contributed by atoms with Crippen molar-refractivity contribution in [2.24, 2.45) is 5.92 Å². The molecule has 0 fully saturated rings. The average molecular weight is 254 g/mol. The molecule has 3 nitrogen and oxygen atoms in total. The quantitative estimate of drug-likeness (QED) is 0.814. The summed E-state index contributed by atoms with van der Waals surface area (Å²) in [4.78, 5) is 0. The zero-order valence-electron chi connectivity index (χ0n) is 11.7. The number of nitrogens with zero attached hydrogens (tertiary/aromatic N) is 2. The second kappa shape index (κ2) is 4.94. The summed E-state index contributed by atoms with van der Waals surface area (Å²) in [6.45, 7) is 4.05. The highest BCUT2D eigenvalue weighted by Gasteiger charge is 2.40. The van der Waals surface area contributed by atoms with Gasteiger partial charge in [0.2, 0.25) is 0 Å². The number of nitriles is 2. The summed E-state index contributed by atoms with van der Waals surface area (Å²) in [5.74, 6) is 0.223. The van der Waals surface area contributed by atoms with Gasteiger partial charge < -0.3 is 4.74 Å². The number of hydrogen-bond donors (Lipinski definition) is 0. The van der Waals surface area contributed by atoms with Crippen LogP contribution in [0, 0.1) is 35.5 Å². The lowest BCUT2D eigenvalue weighted by molar-refractivity contribution is 0.345. The van der Waals surface area contributed by atoms with Gasteiger partial charge in [0.15, 0.2) is 0 Å². The van der Waals surface area contributed by atoms with E-state index in [4.69, 9.17) is 4.74 Å². The molecular formula is C16H18N2O. The van der Waals surface area contributed by atoms with Gasteiger partial charge in [-0.2, -0.15) is 10.5 Å². The Kier molecular flexibility index (Phi) is 3.49. The van der Waals surface area contributed by atoms with Gasteiger partial charge in [0.05, 0.1) is 19.2 Å². The Morgan fingerprint density at radius 1 is 1.32 bits per heavy atom. The lowest BCUT2D eigenvalue weighted by Gasteiger charge is -2.37. The first-order chi connectivity index (χ1) is 9.06. The van der Waals surface area contributed by atoms with Crippen molar-refractivity contribution in [3.63, 3.8) is 0 Å². The zero-order chi connectivity index (χ0) is 14.0. The first-order valence-electron chi connectivity index (χ1n) is 6.54. The smallest absolute Gasteiger partial charge is 0.142 e. The van der Waals surface area contributed by atoms with Crippen molar-refractivity contribution in [2.75, 3.05) is 7.11 Å². The van der Waals surface area contributed by atoms with E-state index >= 15 is 0 Å². The number of ether oxygens (including phenoxy) is 1. The Bertz CT molecular complexity index is 566. The molecule has 0 amide bonds. The SMILES string of the molecule is COc1cc2c(cc1C)CCCC2(C)C(C#N)C#N. The van der Waals surface area contributed by atoms with Crippen molar-refractivity contribution in [2.45, 2.75) is 38.5 Å². The van der Waals surface area contributed by atoms with E-state index in [9.17, 15) is 10.5 Å². The van der Waals surface area contributed by atoms with Crippen LogP contribution in [-0.2, 0) is 11.8 Å². The predicted molar refractivity (Wildman–Crippen MR) is 72.7 cm³/mol. The maximum Gasteiger partial charge on any atom is 0.142 e. The lowest BCUT2D eigenvalue weighted by Crippen LogP contribution is -2.34. The molecule has 0 radical (unpaired) electrons. The summed E-state index contributed by atoms with van der Waals surface area (Å²) in [7, 11) is 1.65. The maximum absolute atomic E-state index is 9.25. The Morgan fingerprint density at radius 2 is 2.00 bits per heavy atom. The van der Waals surface area contributed by atoms with E-state index < -0.39 is 11.3 Å².